The van der Waals surface area contributed by atoms with Crippen LogP contribution in [0.3, 0.4) is 0 Å². The van der Waals surface area contributed by atoms with E-state index in [4.69, 9.17) is 11.6 Å². The third-order valence-electron chi connectivity index (χ3n) is 6.14. The summed E-state index contributed by atoms with van der Waals surface area (Å²) in [5.41, 5.74) is 2.86. The molecule has 1 aliphatic rings. The van der Waals surface area contributed by atoms with Crippen LogP contribution < -0.4 is 5.56 Å². The van der Waals surface area contributed by atoms with Crippen molar-refractivity contribution in [1.29, 1.82) is 0 Å². The van der Waals surface area contributed by atoms with Gasteiger partial charge in [-0.15, -0.1) is 0 Å². The molecule has 0 bridgehead atoms. The van der Waals surface area contributed by atoms with Gasteiger partial charge in [-0.2, -0.15) is 4.39 Å². The van der Waals surface area contributed by atoms with Crippen LogP contribution in [0.2, 0.25) is 5.02 Å². The molecule has 0 unspecified atom stereocenters. The van der Waals surface area contributed by atoms with Gasteiger partial charge >= 0.3 is 0 Å². The van der Waals surface area contributed by atoms with Crippen molar-refractivity contribution in [2.24, 2.45) is 0 Å². The van der Waals surface area contributed by atoms with Crippen LogP contribution in [0.25, 0.3) is 16.9 Å². The van der Waals surface area contributed by atoms with Crippen LogP contribution in [0.1, 0.15) is 40.6 Å². The Kier molecular flexibility index (Phi) is 5.48. The Bertz CT molecular complexity index is 1500. The molecular weight excluding hydrogens is 465 g/mol. The third-order valence-corrected chi connectivity index (χ3v) is 6.52. The molecule has 1 fully saturated rings. The minimum atomic E-state index is -1.23. The van der Waals surface area contributed by atoms with Crippen LogP contribution in [0.15, 0.2) is 53.8 Å². The first-order valence-corrected chi connectivity index (χ1v) is 10.9. The highest BCUT2D eigenvalue weighted by molar-refractivity contribution is 6.31. The summed E-state index contributed by atoms with van der Waals surface area (Å²) in [6.07, 6.45) is 6.15. The highest BCUT2D eigenvalue weighted by Crippen LogP contribution is 2.55. The van der Waals surface area contributed by atoms with Crippen molar-refractivity contribution >= 4 is 11.6 Å². The average molecular weight is 483 g/mol. The molecule has 0 saturated heterocycles. The maximum Gasteiger partial charge on any atom is 0.274 e. The minimum absolute atomic E-state index is 0.0138. The Hall–Kier alpha value is -3.52. The second-order valence-corrected chi connectivity index (χ2v) is 8.78. The van der Waals surface area contributed by atoms with Gasteiger partial charge in [0.1, 0.15) is 10.8 Å². The normalized spacial score (nSPS) is 17.1. The lowest BCUT2D eigenvalue weighted by molar-refractivity contribution is 0.481. The van der Waals surface area contributed by atoms with E-state index in [1.807, 2.05) is 6.07 Å². The third kappa shape index (κ3) is 3.77. The number of rotatable bonds is 4. The van der Waals surface area contributed by atoms with Crippen LogP contribution in [0.4, 0.5) is 13.2 Å². The summed E-state index contributed by atoms with van der Waals surface area (Å²) in [6.45, 7) is 3.53. The molecule has 5 nitrogen and oxygen atoms in total. The van der Waals surface area contributed by atoms with Gasteiger partial charge in [0.25, 0.3) is 5.56 Å². The lowest BCUT2D eigenvalue weighted by Gasteiger charge is -2.16. The zero-order chi connectivity index (χ0) is 24.1. The Balaban J connectivity index is 1.57. The summed E-state index contributed by atoms with van der Waals surface area (Å²) in [4.78, 5) is 24.8. The maximum absolute atomic E-state index is 14.3. The van der Waals surface area contributed by atoms with Crippen molar-refractivity contribution in [3.63, 3.8) is 0 Å². The molecule has 4 aromatic heterocycles. The van der Waals surface area contributed by atoms with E-state index in [-0.39, 0.29) is 28.1 Å². The molecule has 0 aliphatic heterocycles. The number of aryl methyl sites for hydroxylation is 2. The molecule has 34 heavy (non-hydrogen) atoms. The summed E-state index contributed by atoms with van der Waals surface area (Å²) in [5.74, 6) is -2.73. The molecule has 0 amide bonds. The van der Waals surface area contributed by atoms with Crippen LogP contribution in [0, 0.1) is 31.4 Å². The first-order chi connectivity index (χ1) is 16.3. The number of pyridine rings is 4. The van der Waals surface area contributed by atoms with Gasteiger partial charge in [0, 0.05) is 29.8 Å². The van der Waals surface area contributed by atoms with Gasteiger partial charge in [0.15, 0.2) is 5.82 Å². The number of aromatic nitrogens is 4. The summed E-state index contributed by atoms with van der Waals surface area (Å²) in [5, 5.41) is 0.0707. The monoisotopic (exact) mass is 482 g/mol. The first kappa shape index (κ1) is 22.3. The van der Waals surface area contributed by atoms with Gasteiger partial charge in [-0.1, -0.05) is 11.6 Å². The van der Waals surface area contributed by atoms with Crippen LogP contribution in [-0.2, 0) is 0 Å². The van der Waals surface area contributed by atoms with E-state index < -0.39 is 23.1 Å². The van der Waals surface area contributed by atoms with Gasteiger partial charge in [-0.3, -0.25) is 19.3 Å². The molecule has 0 N–H and O–H groups in total. The first-order valence-electron chi connectivity index (χ1n) is 10.6. The van der Waals surface area contributed by atoms with Crippen molar-refractivity contribution in [3.05, 3.63) is 104 Å². The molecule has 1 saturated carbocycles. The average Bonchev–Trinajstić information content (AvgIpc) is 3.60. The summed E-state index contributed by atoms with van der Waals surface area (Å²) >= 11 is 6.54. The maximum atomic E-state index is 14.3. The fraction of sp³-hybridized carbons (Fsp3) is 0.200. The van der Waals surface area contributed by atoms with E-state index in [2.05, 4.69) is 15.0 Å². The predicted molar refractivity (Wildman–Crippen MR) is 122 cm³/mol. The lowest BCUT2D eigenvalue weighted by Crippen LogP contribution is -2.23. The van der Waals surface area contributed by atoms with Crippen LogP contribution in [-0.4, -0.2) is 19.5 Å². The van der Waals surface area contributed by atoms with E-state index in [9.17, 15) is 18.0 Å². The predicted octanol–water partition coefficient (Wildman–Crippen LogP) is 5.65. The molecule has 9 heteroatoms. The minimum Gasteiger partial charge on any atom is -0.280 e. The van der Waals surface area contributed by atoms with Crippen LogP contribution >= 0.6 is 11.6 Å². The Morgan fingerprint density at radius 3 is 2.59 bits per heavy atom. The Labute approximate surface area is 197 Å². The number of halogens is 4. The molecule has 4 heterocycles. The van der Waals surface area contributed by atoms with Crippen molar-refractivity contribution in [2.45, 2.75) is 32.1 Å². The fourth-order valence-electron chi connectivity index (χ4n) is 4.36. The molecule has 0 aromatic carbocycles. The van der Waals surface area contributed by atoms with E-state index in [1.165, 1.54) is 29.0 Å². The molecule has 0 spiro atoms. The zero-order valence-electron chi connectivity index (χ0n) is 18.2. The fourth-order valence-corrected chi connectivity index (χ4v) is 4.64. The second kappa shape index (κ2) is 8.36. The SMILES string of the molecule is Cc1cnc(-c2ccnc(F)c2F)cc1-n1c(C)cc([C@H]2C[C@@H]2c2cncc(F)c2)c(Cl)c1=O. The molecule has 4 aromatic rings. The van der Waals surface area contributed by atoms with E-state index in [0.29, 0.717) is 22.5 Å². The molecule has 5 rings (SSSR count). The molecular formula is C25H18ClF3N4O. The standard InChI is InChI=1S/C25H18ClF3N4O/c1-12-9-32-20(16-3-4-31-24(29)23(16)28)8-21(12)33-13(2)5-19(22(26)25(33)34)18-7-17(18)14-6-15(27)11-30-10-14/h3-6,8-11,17-18H,7H2,1-2H3/t17-,18+/m1/s1. The van der Waals surface area contributed by atoms with Crippen molar-refractivity contribution in [1.82, 2.24) is 19.5 Å². The molecule has 172 valence electrons. The number of nitrogens with zero attached hydrogens (tertiary/aromatic N) is 4. The van der Waals surface area contributed by atoms with Gasteiger partial charge < -0.3 is 0 Å². The van der Waals surface area contributed by atoms with Crippen LogP contribution in [0.5, 0.6) is 0 Å². The molecule has 2 atom stereocenters. The molecule has 0 radical (unpaired) electrons. The zero-order valence-corrected chi connectivity index (χ0v) is 18.9. The summed E-state index contributed by atoms with van der Waals surface area (Å²) in [7, 11) is 0. The van der Waals surface area contributed by atoms with Crippen molar-refractivity contribution in [3.8, 4) is 16.9 Å². The van der Waals surface area contributed by atoms with Gasteiger partial charge in [-0.25, -0.2) is 13.8 Å². The highest BCUT2D eigenvalue weighted by Gasteiger charge is 2.42. The van der Waals surface area contributed by atoms with E-state index >= 15 is 0 Å². The van der Waals surface area contributed by atoms with Crippen molar-refractivity contribution in [2.75, 3.05) is 0 Å². The molecule has 1 aliphatic carbocycles. The quantitative estimate of drug-likeness (QED) is 0.353. The smallest absolute Gasteiger partial charge is 0.274 e. The Morgan fingerprint density at radius 1 is 1.03 bits per heavy atom. The van der Waals surface area contributed by atoms with Crippen molar-refractivity contribution < 1.29 is 13.2 Å². The lowest BCUT2D eigenvalue weighted by atomic mass is 10.0. The highest BCUT2D eigenvalue weighted by atomic mass is 35.5. The van der Waals surface area contributed by atoms with E-state index in [1.54, 1.807) is 20.0 Å². The number of hydrogen-bond acceptors (Lipinski definition) is 4. The van der Waals surface area contributed by atoms with Gasteiger partial charge in [-0.05, 0) is 73.1 Å². The summed E-state index contributed by atoms with van der Waals surface area (Å²) in [6, 6.07) is 6.13. The van der Waals surface area contributed by atoms with E-state index in [0.717, 1.165) is 24.4 Å². The number of hydrogen-bond donors (Lipinski definition) is 0. The van der Waals surface area contributed by atoms with Gasteiger partial charge in [0.05, 0.1) is 17.6 Å². The largest absolute Gasteiger partial charge is 0.280 e. The van der Waals surface area contributed by atoms with Gasteiger partial charge in [0.2, 0.25) is 5.95 Å². The Morgan fingerprint density at radius 2 is 1.82 bits per heavy atom. The topological polar surface area (TPSA) is 60.7 Å². The summed E-state index contributed by atoms with van der Waals surface area (Å²) < 4.78 is 43.0. The second-order valence-electron chi connectivity index (χ2n) is 8.40.